The van der Waals surface area contributed by atoms with E-state index in [-0.39, 0.29) is 11.5 Å². The lowest BCUT2D eigenvalue weighted by Gasteiger charge is -2.10. The Labute approximate surface area is 166 Å². The van der Waals surface area contributed by atoms with Crippen LogP contribution in [0.25, 0.3) is 6.08 Å². The third-order valence-electron chi connectivity index (χ3n) is 3.72. The first-order valence-corrected chi connectivity index (χ1v) is 9.02. The number of methoxy groups -OCH3 is 2. The summed E-state index contributed by atoms with van der Waals surface area (Å²) in [6, 6.07) is 15.2. The first kappa shape index (κ1) is 19.8. The van der Waals surface area contributed by atoms with Gasteiger partial charge in [-0.2, -0.15) is 5.26 Å². The molecule has 1 N–H and O–H groups in total. The molecule has 0 aliphatic heterocycles. The van der Waals surface area contributed by atoms with Gasteiger partial charge in [0.15, 0.2) is 11.5 Å². The SMILES string of the molecule is COc1ccc(CCNC(=O)C(C#N)=Cc2ccccc2I)cc1OC. The van der Waals surface area contributed by atoms with Crippen molar-refractivity contribution in [1.82, 2.24) is 5.32 Å². The molecule has 0 fully saturated rings. The largest absolute Gasteiger partial charge is 0.493 e. The Kier molecular flexibility index (Phi) is 7.48. The molecule has 0 saturated carbocycles. The fraction of sp³-hybridized carbons (Fsp3) is 0.200. The lowest BCUT2D eigenvalue weighted by molar-refractivity contribution is -0.117. The van der Waals surface area contributed by atoms with Gasteiger partial charge in [0.1, 0.15) is 11.6 Å². The van der Waals surface area contributed by atoms with Crippen molar-refractivity contribution in [1.29, 1.82) is 5.26 Å². The summed E-state index contributed by atoms with van der Waals surface area (Å²) in [7, 11) is 3.17. The van der Waals surface area contributed by atoms with Crippen LogP contribution in [0.15, 0.2) is 48.0 Å². The van der Waals surface area contributed by atoms with E-state index < -0.39 is 0 Å². The summed E-state index contributed by atoms with van der Waals surface area (Å²) in [5.74, 6) is 0.924. The van der Waals surface area contributed by atoms with Crippen molar-refractivity contribution in [3.05, 3.63) is 62.7 Å². The maximum atomic E-state index is 12.3. The van der Waals surface area contributed by atoms with Gasteiger partial charge >= 0.3 is 0 Å². The van der Waals surface area contributed by atoms with E-state index in [0.717, 1.165) is 14.7 Å². The van der Waals surface area contributed by atoms with Crippen LogP contribution >= 0.6 is 22.6 Å². The number of nitriles is 1. The van der Waals surface area contributed by atoms with Gasteiger partial charge in [-0.1, -0.05) is 24.3 Å². The predicted octanol–water partition coefficient (Wildman–Crippen LogP) is 3.57. The summed E-state index contributed by atoms with van der Waals surface area (Å²) in [5.41, 5.74) is 1.93. The molecule has 0 unspecified atom stereocenters. The summed E-state index contributed by atoms with van der Waals surface area (Å²) < 4.78 is 11.5. The molecule has 0 heterocycles. The molecule has 5 nitrogen and oxygen atoms in total. The molecule has 6 heteroatoms. The predicted molar refractivity (Wildman–Crippen MR) is 109 cm³/mol. The number of ether oxygens (including phenoxy) is 2. The van der Waals surface area contributed by atoms with Crippen LogP contribution in [-0.4, -0.2) is 26.7 Å². The Balaban J connectivity index is 1.99. The zero-order valence-corrected chi connectivity index (χ0v) is 16.7. The molecule has 26 heavy (non-hydrogen) atoms. The third kappa shape index (κ3) is 5.23. The van der Waals surface area contributed by atoms with Crippen LogP contribution in [0.3, 0.4) is 0 Å². The van der Waals surface area contributed by atoms with Gasteiger partial charge < -0.3 is 14.8 Å². The number of benzene rings is 2. The van der Waals surface area contributed by atoms with Crippen molar-refractivity contribution in [3.63, 3.8) is 0 Å². The fourth-order valence-electron chi connectivity index (χ4n) is 2.35. The van der Waals surface area contributed by atoms with Gasteiger partial charge in [-0.3, -0.25) is 4.79 Å². The first-order valence-electron chi connectivity index (χ1n) is 7.94. The molecule has 0 bridgehead atoms. The van der Waals surface area contributed by atoms with Gasteiger partial charge in [-0.25, -0.2) is 0 Å². The van der Waals surface area contributed by atoms with E-state index in [0.29, 0.717) is 24.5 Å². The summed E-state index contributed by atoms with van der Waals surface area (Å²) in [6.07, 6.45) is 2.22. The van der Waals surface area contributed by atoms with Gasteiger partial charge in [0.2, 0.25) is 0 Å². The van der Waals surface area contributed by atoms with Crippen molar-refractivity contribution in [3.8, 4) is 17.6 Å². The molecule has 2 aromatic carbocycles. The number of nitrogens with zero attached hydrogens (tertiary/aromatic N) is 1. The third-order valence-corrected chi connectivity index (χ3v) is 4.70. The molecule has 0 radical (unpaired) electrons. The Hall–Kier alpha value is -2.53. The van der Waals surface area contributed by atoms with Crippen molar-refractivity contribution in [2.75, 3.05) is 20.8 Å². The molecule has 0 aliphatic rings. The van der Waals surface area contributed by atoms with E-state index in [1.807, 2.05) is 48.5 Å². The number of amides is 1. The molecule has 0 aliphatic carbocycles. The van der Waals surface area contributed by atoms with Crippen LogP contribution < -0.4 is 14.8 Å². The highest BCUT2D eigenvalue weighted by atomic mass is 127. The number of carbonyl (C=O) groups is 1. The van der Waals surface area contributed by atoms with Crippen LogP contribution in [0, 0.1) is 14.9 Å². The van der Waals surface area contributed by atoms with Gasteiger partial charge in [-0.05, 0) is 64.4 Å². The number of nitrogens with one attached hydrogen (secondary N) is 1. The molecule has 134 valence electrons. The summed E-state index contributed by atoms with van der Waals surface area (Å²) >= 11 is 2.17. The molecular formula is C20H19IN2O3. The van der Waals surface area contributed by atoms with Crippen LogP contribution in [-0.2, 0) is 11.2 Å². The van der Waals surface area contributed by atoms with Crippen molar-refractivity contribution < 1.29 is 14.3 Å². The molecule has 2 rings (SSSR count). The van der Waals surface area contributed by atoms with E-state index in [1.54, 1.807) is 20.3 Å². The highest BCUT2D eigenvalue weighted by Crippen LogP contribution is 2.27. The maximum absolute atomic E-state index is 12.3. The molecule has 0 saturated heterocycles. The van der Waals surface area contributed by atoms with Crippen LogP contribution in [0.2, 0.25) is 0 Å². The molecule has 0 atom stereocenters. The second kappa shape index (κ2) is 9.82. The first-order chi connectivity index (χ1) is 12.6. The van der Waals surface area contributed by atoms with E-state index >= 15 is 0 Å². The van der Waals surface area contributed by atoms with Gasteiger partial charge in [0, 0.05) is 10.1 Å². The zero-order valence-electron chi connectivity index (χ0n) is 14.6. The van der Waals surface area contributed by atoms with E-state index in [1.165, 1.54) is 0 Å². The second-order valence-electron chi connectivity index (χ2n) is 5.39. The number of rotatable bonds is 7. The highest BCUT2D eigenvalue weighted by molar-refractivity contribution is 14.1. The van der Waals surface area contributed by atoms with E-state index in [4.69, 9.17) is 9.47 Å². The average Bonchev–Trinajstić information content (AvgIpc) is 2.67. The van der Waals surface area contributed by atoms with E-state index in [2.05, 4.69) is 27.9 Å². The zero-order chi connectivity index (χ0) is 18.9. The van der Waals surface area contributed by atoms with Crippen molar-refractivity contribution in [2.45, 2.75) is 6.42 Å². The van der Waals surface area contributed by atoms with E-state index in [9.17, 15) is 10.1 Å². The summed E-state index contributed by atoms with van der Waals surface area (Å²) in [4.78, 5) is 12.3. The standard InChI is InChI=1S/C20H19IN2O3/c1-25-18-8-7-14(11-19(18)26-2)9-10-23-20(24)16(13-22)12-15-5-3-4-6-17(15)21/h3-8,11-12H,9-10H2,1-2H3,(H,23,24). The minimum absolute atomic E-state index is 0.0847. The Morgan fingerprint density at radius 3 is 2.58 bits per heavy atom. The second-order valence-corrected chi connectivity index (χ2v) is 6.55. The normalized spacial score (nSPS) is 10.8. The smallest absolute Gasteiger partial charge is 0.261 e. The van der Waals surface area contributed by atoms with Crippen LogP contribution in [0.5, 0.6) is 11.5 Å². The number of hydrogen-bond donors (Lipinski definition) is 1. The summed E-state index contributed by atoms with van der Waals surface area (Å²) in [6.45, 7) is 0.416. The van der Waals surface area contributed by atoms with Crippen molar-refractivity contribution >= 4 is 34.6 Å². The quantitative estimate of drug-likeness (QED) is 0.388. The maximum Gasteiger partial charge on any atom is 0.261 e. The number of halogens is 1. The Morgan fingerprint density at radius 2 is 1.92 bits per heavy atom. The van der Waals surface area contributed by atoms with Gasteiger partial charge in [0.25, 0.3) is 5.91 Å². The minimum Gasteiger partial charge on any atom is -0.493 e. The molecule has 0 spiro atoms. The lowest BCUT2D eigenvalue weighted by atomic mass is 10.1. The monoisotopic (exact) mass is 462 g/mol. The van der Waals surface area contributed by atoms with Gasteiger partial charge in [-0.15, -0.1) is 0 Å². The molecular weight excluding hydrogens is 443 g/mol. The minimum atomic E-state index is -0.382. The van der Waals surface area contributed by atoms with Gasteiger partial charge in [0.05, 0.1) is 14.2 Å². The molecule has 2 aromatic rings. The Bertz CT molecular complexity index is 856. The lowest BCUT2D eigenvalue weighted by Crippen LogP contribution is -2.26. The van der Waals surface area contributed by atoms with Crippen molar-refractivity contribution in [2.24, 2.45) is 0 Å². The fourth-order valence-corrected chi connectivity index (χ4v) is 2.89. The Morgan fingerprint density at radius 1 is 1.19 bits per heavy atom. The average molecular weight is 462 g/mol. The highest BCUT2D eigenvalue weighted by Gasteiger charge is 2.10. The van der Waals surface area contributed by atoms with Crippen LogP contribution in [0.1, 0.15) is 11.1 Å². The number of hydrogen-bond acceptors (Lipinski definition) is 4. The topological polar surface area (TPSA) is 71.3 Å². The molecule has 0 aromatic heterocycles. The van der Waals surface area contributed by atoms with Crippen LogP contribution in [0.4, 0.5) is 0 Å². The summed E-state index contributed by atoms with van der Waals surface area (Å²) in [5, 5.41) is 12.1. The number of carbonyl (C=O) groups excluding carboxylic acids is 1. The molecule has 1 amide bonds.